The Balaban J connectivity index is 2.05. The minimum absolute atomic E-state index is 0.130. The highest BCUT2D eigenvalue weighted by molar-refractivity contribution is 5.87. The lowest BCUT2D eigenvalue weighted by molar-refractivity contribution is -0.138. The summed E-state index contributed by atoms with van der Waals surface area (Å²) in [4.78, 5) is 19.6. The van der Waals surface area contributed by atoms with Crippen LogP contribution in [-0.2, 0) is 17.1 Å². The molecule has 0 bridgehead atoms. The third kappa shape index (κ3) is 4.94. The van der Waals surface area contributed by atoms with Gasteiger partial charge in [-0.2, -0.15) is 26.3 Å². The molecule has 0 aliphatic rings. The smallest absolute Gasteiger partial charge is 0.295 e. The summed E-state index contributed by atoms with van der Waals surface area (Å²) in [6, 6.07) is 9.77. The maximum Gasteiger partial charge on any atom is 0.416 e. The summed E-state index contributed by atoms with van der Waals surface area (Å²) in [6.07, 6.45) is -9.01. The van der Waals surface area contributed by atoms with Gasteiger partial charge in [0.25, 0.3) is 0 Å². The van der Waals surface area contributed by atoms with Crippen molar-refractivity contribution in [2.45, 2.75) is 19.3 Å². The molecule has 1 N–H and O–H groups in total. The maximum atomic E-state index is 12.8. The van der Waals surface area contributed by atoms with E-state index < -0.39 is 29.4 Å². The summed E-state index contributed by atoms with van der Waals surface area (Å²) >= 11 is 0. The van der Waals surface area contributed by atoms with Crippen LogP contribution < -0.4 is 5.32 Å². The molecule has 0 fully saturated rings. The zero-order valence-electron chi connectivity index (χ0n) is 15.3. The number of nitrogens with zero attached hydrogens (tertiary/aromatic N) is 2. The quantitative estimate of drug-likeness (QED) is 0.539. The second-order valence-corrected chi connectivity index (χ2v) is 6.29. The van der Waals surface area contributed by atoms with E-state index in [1.54, 1.807) is 0 Å². The molecule has 0 aliphatic carbocycles. The van der Waals surface area contributed by atoms with Gasteiger partial charge in [-0.3, -0.25) is 10.1 Å². The number of amides is 1. The summed E-state index contributed by atoms with van der Waals surface area (Å²) in [7, 11) is 0. The van der Waals surface area contributed by atoms with Crippen LogP contribution in [0.2, 0.25) is 0 Å². The lowest BCUT2D eigenvalue weighted by atomic mass is 10.0. The van der Waals surface area contributed by atoms with Crippen LogP contribution in [0.15, 0.2) is 54.6 Å². The van der Waals surface area contributed by atoms with Crippen LogP contribution in [0, 0.1) is 0 Å². The summed E-state index contributed by atoms with van der Waals surface area (Å²) in [5.41, 5.74) is -0.680. The number of hydrogen-bond donors (Lipinski definition) is 1. The molecule has 0 saturated heterocycles. The predicted octanol–water partition coefficient (Wildman–Crippen LogP) is 5.81. The molecular formula is C20H13F6N3O. The number of halogens is 6. The molecule has 2 aromatic carbocycles. The molecule has 1 amide bonds. The zero-order valence-corrected chi connectivity index (χ0v) is 15.3. The van der Waals surface area contributed by atoms with Crippen LogP contribution in [0.25, 0.3) is 22.5 Å². The van der Waals surface area contributed by atoms with Crippen molar-refractivity contribution in [1.82, 2.24) is 9.97 Å². The molecule has 30 heavy (non-hydrogen) atoms. The van der Waals surface area contributed by atoms with Gasteiger partial charge >= 0.3 is 12.4 Å². The molecule has 1 heterocycles. The maximum absolute atomic E-state index is 12.8. The fourth-order valence-corrected chi connectivity index (χ4v) is 2.62. The highest BCUT2D eigenvalue weighted by Gasteiger charge is 2.31. The molecule has 0 unspecified atom stereocenters. The molecule has 0 atom stereocenters. The van der Waals surface area contributed by atoms with Crippen LogP contribution in [0.5, 0.6) is 0 Å². The van der Waals surface area contributed by atoms with E-state index in [0.717, 1.165) is 24.3 Å². The van der Waals surface area contributed by atoms with Crippen LogP contribution in [0.1, 0.15) is 18.1 Å². The number of nitrogens with one attached hydrogen (secondary N) is 1. The summed E-state index contributed by atoms with van der Waals surface area (Å²) in [6.45, 7) is 1.21. The van der Waals surface area contributed by atoms with Crippen molar-refractivity contribution in [3.8, 4) is 22.5 Å². The normalized spacial score (nSPS) is 12.0. The second-order valence-electron chi connectivity index (χ2n) is 6.29. The molecule has 3 aromatic rings. The molecule has 3 rings (SSSR count). The number of hydrogen-bond acceptors (Lipinski definition) is 3. The number of carbonyl (C=O) groups excluding carboxylic acids is 1. The van der Waals surface area contributed by atoms with Gasteiger partial charge in [0.1, 0.15) is 0 Å². The number of aromatic nitrogens is 2. The van der Waals surface area contributed by atoms with E-state index >= 15 is 0 Å². The Morgan fingerprint density at radius 3 is 1.40 bits per heavy atom. The zero-order chi connectivity index (χ0) is 22.1. The summed E-state index contributed by atoms with van der Waals surface area (Å²) in [5, 5.41) is 2.38. The van der Waals surface area contributed by atoms with Gasteiger partial charge in [-0.05, 0) is 30.3 Å². The standard InChI is InChI=1S/C20H13F6N3O/c1-11(30)27-18-28-16(12-2-6-14(7-3-12)19(21,22)23)10-17(29-18)13-4-8-15(9-5-13)20(24,25)26/h2-10H,1H3,(H,27,28,29,30). The molecule has 0 radical (unpaired) electrons. The van der Waals surface area contributed by atoms with Gasteiger partial charge in [-0.15, -0.1) is 0 Å². The number of benzene rings is 2. The van der Waals surface area contributed by atoms with Crippen molar-refractivity contribution in [3.63, 3.8) is 0 Å². The first-order valence-electron chi connectivity index (χ1n) is 8.45. The van der Waals surface area contributed by atoms with Crippen LogP contribution in [0.3, 0.4) is 0 Å². The first-order chi connectivity index (χ1) is 13.9. The van der Waals surface area contributed by atoms with Crippen molar-refractivity contribution >= 4 is 11.9 Å². The van der Waals surface area contributed by atoms with Crippen molar-refractivity contribution in [3.05, 3.63) is 65.7 Å². The topological polar surface area (TPSA) is 54.9 Å². The summed E-state index contributed by atoms with van der Waals surface area (Å²) in [5.74, 6) is -0.618. The van der Waals surface area contributed by atoms with Crippen molar-refractivity contribution in [1.29, 1.82) is 0 Å². The third-order valence-electron chi connectivity index (χ3n) is 4.03. The first kappa shape index (κ1) is 21.3. The van der Waals surface area contributed by atoms with E-state index in [4.69, 9.17) is 0 Å². The Bertz CT molecular complexity index is 982. The average Bonchev–Trinajstić information content (AvgIpc) is 2.66. The Kier molecular flexibility index (Phi) is 5.51. The molecular weight excluding hydrogens is 412 g/mol. The Labute approximate surface area is 166 Å². The van der Waals surface area contributed by atoms with Gasteiger partial charge in [-0.25, -0.2) is 9.97 Å². The fourth-order valence-electron chi connectivity index (χ4n) is 2.62. The van der Waals surface area contributed by atoms with Crippen LogP contribution >= 0.6 is 0 Å². The highest BCUT2D eigenvalue weighted by Crippen LogP contribution is 2.33. The van der Waals surface area contributed by atoms with E-state index in [9.17, 15) is 31.1 Å². The Hall–Kier alpha value is -3.43. The predicted molar refractivity (Wildman–Crippen MR) is 97.2 cm³/mol. The number of alkyl halides is 6. The van der Waals surface area contributed by atoms with Gasteiger partial charge in [0.2, 0.25) is 11.9 Å². The van der Waals surface area contributed by atoms with Gasteiger partial charge in [0, 0.05) is 18.1 Å². The molecule has 10 heteroatoms. The molecule has 156 valence electrons. The van der Waals surface area contributed by atoms with E-state index in [0.29, 0.717) is 11.1 Å². The number of anilines is 1. The lowest BCUT2D eigenvalue weighted by Gasteiger charge is -2.11. The monoisotopic (exact) mass is 425 g/mol. The minimum atomic E-state index is -4.50. The minimum Gasteiger partial charge on any atom is -0.295 e. The van der Waals surface area contributed by atoms with Gasteiger partial charge in [0.15, 0.2) is 0 Å². The number of rotatable bonds is 3. The van der Waals surface area contributed by atoms with Crippen molar-refractivity contribution < 1.29 is 31.1 Å². The average molecular weight is 425 g/mol. The number of carbonyl (C=O) groups is 1. The van der Waals surface area contributed by atoms with E-state index in [-0.39, 0.29) is 17.3 Å². The Morgan fingerprint density at radius 2 is 1.10 bits per heavy atom. The molecule has 0 aliphatic heterocycles. The Morgan fingerprint density at radius 1 is 0.733 bits per heavy atom. The third-order valence-corrected chi connectivity index (χ3v) is 4.03. The van der Waals surface area contributed by atoms with Gasteiger partial charge in [0.05, 0.1) is 22.5 Å². The van der Waals surface area contributed by atoms with Crippen LogP contribution in [0.4, 0.5) is 32.3 Å². The first-order valence-corrected chi connectivity index (χ1v) is 8.45. The van der Waals surface area contributed by atoms with E-state index in [2.05, 4.69) is 15.3 Å². The largest absolute Gasteiger partial charge is 0.416 e. The lowest BCUT2D eigenvalue weighted by Crippen LogP contribution is -2.10. The highest BCUT2D eigenvalue weighted by atomic mass is 19.4. The SMILES string of the molecule is CC(=O)Nc1nc(-c2ccc(C(F)(F)F)cc2)cc(-c2ccc(C(F)(F)F)cc2)n1. The summed E-state index contributed by atoms with van der Waals surface area (Å²) < 4.78 is 76.7. The van der Waals surface area contributed by atoms with Crippen LogP contribution in [-0.4, -0.2) is 15.9 Å². The molecule has 0 saturated carbocycles. The van der Waals surface area contributed by atoms with Crippen molar-refractivity contribution in [2.75, 3.05) is 5.32 Å². The van der Waals surface area contributed by atoms with Gasteiger partial charge in [-0.1, -0.05) is 24.3 Å². The molecule has 1 aromatic heterocycles. The fraction of sp³-hybridized carbons (Fsp3) is 0.150. The molecule has 0 spiro atoms. The molecule has 4 nitrogen and oxygen atoms in total. The van der Waals surface area contributed by atoms with E-state index in [1.165, 1.54) is 37.3 Å². The van der Waals surface area contributed by atoms with Gasteiger partial charge < -0.3 is 0 Å². The van der Waals surface area contributed by atoms with E-state index in [1.807, 2.05) is 0 Å². The second kappa shape index (κ2) is 7.77. The van der Waals surface area contributed by atoms with Crippen molar-refractivity contribution in [2.24, 2.45) is 0 Å².